The molecule has 20 heavy (non-hydrogen) atoms. The summed E-state index contributed by atoms with van der Waals surface area (Å²) in [5, 5.41) is 4.45. The van der Waals surface area contributed by atoms with Crippen molar-refractivity contribution in [2.75, 3.05) is 17.8 Å². The minimum Gasteiger partial charge on any atom is -0.389 e. The molecule has 2 rings (SSSR count). The van der Waals surface area contributed by atoms with E-state index in [1.165, 1.54) is 25.7 Å². The quantitative estimate of drug-likeness (QED) is 0.629. The van der Waals surface area contributed by atoms with Crippen molar-refractivity contribution >= 4 is 46.4 Å². The van der Waals surface area contributed by atoms with Crippen LogP contribution < -0.4 is 11.1 Å². The standard InChI is InChI=1S/C15H22N2S3/c1-19-11-6-3-5-10(9-11)17-12-7-4-8-13(20-2)14(12)15(16)18/h4,7-8,10-11,17H,3,5-6,9H2,1-2H3,(H2,16,18). The molecule has 110 valence electrons. The molecule has 1 aliphatic carbocycles. The van der Waals surface area contributed by atoms with Crippen molar-refractivity contribution in [2.24, 2.45) is 5.73 Å². The van der Waals surface area contributed by atoms with Crippen molar-refractivity contribution in [3.8, 4) is 0 Å². The summed E-state index contributed by atoms with van der Waals surface area (Å²) >= 11 is 8.91. The largest absolute Gasteiger partial charge is 0.389 e. The van der Waals surface area contributed by atoms with Crippen LogP contribution in [0.15, 0.2) is 23.1 Å². The first-order chi connectivity index (χ1) is 9.65. The molecular formula is C15H22N2S3. The fraction of sp³-hybridized carbons (Fsp3) is 0.533. The van der Waals surface area contributed by atoms with Gasteiger partial charge in [0.1, 0.15) is 4.99 Å². The first-order valence-corrected chi connectivity index (χ1v) is 9.84. The van der Waals surface area contributed by atoms with E-state index < -0.39 is 0 Å². The van der Waals surface area contributed by atoms with Crippen molar-refractivity contribution in [3.63, 3.8) is 0 Å². The maximum Gasteiger partial charge on any atom is 0.107 e. The third-order valence-corrected chi connectivity index (χ3v) is 5.89. The van der Waals surface area contributed by atoms with Gasteiger partial charge in [0.05, 0.1) is 0 Å². The summed E-state index contributed by atoms with van der Waals surface area (Å²) in [7, 11) is 0. The normalized spacial score (nSPS) is 22.5. The molecule has 3 N–H and O–H groups in total. The molecule has 2 atom stereocenters. The molecule has 0 radical (unpaired) electrons. The highest BCUT2D eigenvalue weighted by Crippen LogP contribution is 2.32. The van der Waals surface area contributed by atoms with Gasteiger partial charge in [-0.25, -0.2) is 0 Å². The van der Waals surface area contributed by atoms with Crippen molar-refractivity contribution < 1.29 is 0 Å². The van der Waals surface area contributed by atoms with E-state index in [9.17, 15) is 0 Å². The van der Waals surface area contributed by atoms with Gasteiger partial charge in [0.25, 0.3) is 0 Å². The number of thiocarbonyl (C=S) groups is 1. The molecule has 0 aliphatic heterocycles. The maximum absolute atomic E-state index is 5.92. The fourth-order valence-corrected chi connectivity index (χ4v) is 4.54. The van der Waals surface area contributed by atoms with Gasteiger partial charge in [-0.15, -0.1) is 11.8 Å². The molecule has 0 heterocycles. The zero-order valence-corrected chi connectivity index (χ0v) is 14.5. The highest BCUT2D eigenvalue weighted by atomic mass is 32.2. The van der Waals surface area contributed by atoms with E-state index in [-0.39, 0.29) is 0 Å². The van der Waals surface area contributed by atoms with Gasteiger partial charge in [0.15, 0.2) is 0 Å². The number of hydrogen-bond donors (Lipinski definition) is 2. The van der Waals surface area contributed by atoms with Crippen LogP contribution in [0.25, 0.3) is 0 Å². The summed E-state index contributed by atoms with van der Waals surface area (Å²) in [5.74, 6) is 0. The van der Waals surface area contributed by atoms with Gasteiger partial charge in [0.2, 0.25) is 0 Å². The Morgan fingerprint density at radius 3 is 2.80 bits per heavy atom. The number of nitrogens with one attached hydrogen (secondary N) is 1. The van der Waals surface area contributed by atoms with Gasteiger partial charge in [-0.3, -0.25) is 0 Å². The zero-order valence-electron chi connectivity index (χ0n) is 12.0. The summed E-state index contributed by atoms with van der Waals surface area (Å²) < 4.78 is 0. The van der Waals surface area contributed by atoms with Crippen molar-refractivity contribution in [2.45, 2.75) is 41.9 Å². The van der Waals surface area contributed by atoms with Crippen molar-refractivity contribution in [3.05, 3.63) is 23.8 Å². The summed E-state index contributed by atoms with van der Waals surface area (Å²) in [6.07, 6.45) is 9.37. The SMILES string of the molecule is CSc1cccc(NC2CCCC(SC)C2)c1C(N)=S. The molecule has 1 saturated carbocycles. The molecule has 0 bridgehead atoms. The summed E-state index contributed by atoms with van der Waals surface area (Å²) in [6.45, 7) is 0. The molecule has 0 amide bonds. The fourth-order valence-electron chi connectivity index (χ4n) is 2.79. The number of rotatable bonds is 5. The van der Waals surface area contributed by atoms with E-state index in [1.807, 2.05) is 11.8 Å². The second-order valence-electron chi connectivity index (χ2n) is 5.11. The first-order valence-electron chi connectivity index (χ1n) is 6.91. The Hall–Kier alpha value is -0.390. The summed E-state index contributed by atoms with van der Waals surface area (Å²) in [4.78, 5) is 1.63. The molecule has 1 aliphatic rings. The third kappa shape index (κ3) is 3.83. The van der Waals surface area contributed by atoms with Crippen LogP contribution in [0.1, 0.15) is 31.2 Å². The van der Waals surface area contributed by atoms with Crippen LogP contribution in [-0.4, -0.2) is 28.8 Å². The number of nitrogens with two attached hydrogens (primary N) is 1. The van der Waals surface area contributed by atoms with Crippen LogP contribution in [0.5, 0.6) is 0 Å². The van der Waals surface area contributed by atoms with Gasteiger partial charge in [-0.2, -0.15) is 11.8 Å². The molecule has 1 aromatic carbocycles. The smallest absolute Gasteiger partial charge is 0.107 e. The van der Waals surface area contributed by atoms with Crippen LogP contribution in [0.3, 0.4) is 0 Å². The lowest BCUT2D eigenvalue weighted by molar-refractivity contribution is 0.473. The monoisotopic (exact) mass is 326 g/mol. The van der Waals surface area contributed by atoms with E-state index in [0.29, 0.717) is 11.0 Å². The van der Waals surface area contributed by atoms with Crippen LogP contribution in [-0.2, 0) is 0 Å². The molecule has 1 fully saturated rings. The lowest BCUT2D eigenvalue weighted by Gasteiger charge is -2.30. The average molecular weight is 327 g/mol. The number of anilines is 1. The lowest BCUT2D eigenvalue weighted by Crippen LogP contribution is -2.29. The predicted molar refractivity (Wildman–Crippen MR) is 97.3 cm³/mol. The van der Waals surface area contributed by atoms with Crippen LogP contribution in [0.2, 0.25) is 0 Å². The molecule has 5 heteroatoms. The van der Waals surface area contributed by atoms with E-state index >= 15 is 0 Å². The van der Waals surface area contributed by atoms with E-state index in [2.05, 4.69) is 36.0 Å². The highest BCUT2D eigenvalue weighted by molar-refractivity contribution is 7.99. The predicted octanol–water partition coefficient (Wildman–Crippen LogP) is 4.13. The molecule has 2 nitrogen and oxygen atoms in total. The topological polar surface area (TPSA) is 38.0 Å². The molecular weight excluding hydrogens is 304 g/mol. The Morgan fingerprint density at radius 1 is 1.35 bits per heavy atom. The van der Waals surface area contributed by atoms with E-state index in [0.717, 1.165) is 21.4 Å². The zero-order chi connectivity index (χ0) is 14.5. The minimum atomic E-state index is 0.481. The number of benzene rings is 1. The van der Waals surface area contributed by atoms with Gasteiger partial charge in [-0.05, 0) is 43.9 Å². The van der Waals surface area contributed by atoms with Crippen LogP contribution in [0.4, 0.5) is 5.69 Å². The Labute approximate surface area is 135 Å². The molecule has 0 aromatic heterocycles. The summed E-state index contributed by atoms with van der Waals surface area (Å²) in [6, 6.07) is 6.78. The number of hydrogen-bond acceptors (Lipinski definition) is 4. The van der Waals surface area contributed by atoms with Crippen molar-refractivity contribution in [1.82, 2.24) is 0 Å². The Kier molecular flexibility index (Phi) is 6.05. The first kappa shape index (κ1) is 16.0. The lowest BCUT2D eigenvalue weighted by atomic mass is 9.94. The molecule has 2 unspecified atom stereocenters. The highest BCUT2D eigenvalue weighted by Gasteiger charge is 2.22. The Morgan fingerprint density at radius 2 is 2.15 bits per heavy atom. The van der Waals surface area contributed by atoms with Gasteiger partial charge < -0.3 is 11.1 Å². The maximum atomic E-state index is 5.92. The third-order valence-electron chi connectivity index (χ3n) is 3.81. The minimum absolute atomic E-state index is 0.481. The second kappa shape index (κ2) is 7.57. The second-order valence-corrected chi connectivity index (χ2v) is 7.54. The molecule has 0 saturated heterocycles. The Balaban J connectivity index is 2.18. The summed E-state index contributed by atoms with van der Waals surface area (Å²) in [5.41, 5.74) is 8.02. The average Bonchev–Trinajstić information content (AvgIpc) is 2.46. The van der Waals surface area contributed by atoms with Gasteiger partial charge >= 0.3 is 0 Å². The van der Waals surface area contributed by atoms with Crippen molar-refractivity contribution in [1.29, 1.82) is 0 Å². The van der Waals surface area contributed by atoms with Gasteiger partial charge in [-0.1, -0.05) is 24.7 Å². The van der Waals surface area contributed by atoms with E-state index in [4.69, 9.17) is 18.0 Å². The molecule has 1 aromatic rings. The number of thioether (sulfide) groups is 2. The van der Waals surface area contributed by atoms with Gasteiger partial charge in [0, 0.05) is 27.4 Å². The van der Waals surface area contributed by atoms with Crippen LogP contribution in [0, 0.1) is 0 Å². The Bertz CT molecular complexity index is 476. The van der Waals surface area contributed by atoms with E-state index in [1.54, 1.807) is 11.8 Å². The van der Waals surface area contributed by atoms with Crippen LogP contribution >= 0.6 is 35.7 Å². The molecule has 0 spiro atoms.